The summed E-state index contributed by atoms with van der Waals surface area (Å²) in [6.45, 7) is 7.60. The van der Waals surface area contributed by atoms with E-state index < -0.39 is 0 Å². The Kier molecular flexibility index (Phi) is 11.5. The van der Waals surface area contributed by atoms with Crippen molar-refractivity contribution in [3.05, 3.63) is 177 Å². The van der Waals surface area contributed by atoms with Gasteiger partial charge in [-0.05, 0) is 148 Å². The third kappa shape index (κ3) is 8.39. The van der Waals surface area contributed by atoms with Crippen molar-refractivity contribution in [3.63, 3.8) is 0 Å². The molecule has 0 unspecified atom stereocenters. The molecule has 2 saturated carbocycles. The molecule has 2 fully saturated rings. The Hall–Kier alpha value is -3.80. The Morgan fingerprint density at radius 3 is 0.912 bits per heavy atom. The van der Waals surface area contributed by atoms with E-state index in [4.69, 9.17) is 9.47 Å². The zero-order valence-corrected chi connectivity index (χ0v) is 37.0. The Balaban J connectivity index is 0.905. The number of rotatable bonds is 10. The summed E-state index contributed by atoms with van der Waals surface area (Å²) >= 11 is 7.19. The van der Waals surface area contributed by atoms with E-state index >= 15 is 0 Å². The van der Waals surface area contributed by atoms with Gasteiger partial charge in [-0.3, -0.25) is 0 Å². The average Bonchev–Trinajstić information content (AvgIpc) is 3.25. The van der Waals surface area contributed by atoms with Crippen molar-refractivity contribution in [3.8, 4) is 33.4 Å². The fourth-order valence-corrected chi connectivity index (χ4v) is 10.1. The van der Waals surface area contributed by atoms with E-state index in [1.165, 1.54) is 81.3 Å². The second-order valence-electron chi connectivity index (χ2n) is 17.6. The van der Waals surface area contributed by atoms with Crippen LogP contribution in [0.1, 0.15) is 94.4 Å². The largest absolute Gasteiger partial charge is 0.359 e. The summed E-state index contributed by atoms with van der Waals surface area (Å²) in [7, 11) is 1.71. The molecule has 0 heterocycles. The van der Waals surface area contributed by atoms with E-state index in [0.29, 0.717) is 6.79 Å². The quantitative estimate of drug-likeness (QED) is 0.128. The van der Waals surface area contributed by atoms with Gasteiger partial charge in [-0.1, -0.05) is 174 Å². The molecular weight excluding hydrogens is 828 g/mol. The van der Waals surface area contributed by atoms with Gasteiger partial charge in [0.1, 0.15) is 6.79 Å². The minimum absolute atomic E-state index is 0.132. The maximum absolute atomic E-state index is 6.53. The minimum atomic E-state index is -0.348. The number of methoxy groups -OCH3 is 1. The average molecular weight is 883 g/mol. The van der Waals surface area contributed by atoms with Gasteiger partial charge in [0.2, 0.25) is 0 Å². The molecule has 0 spiro atoms. The van der Waals surface area contributed by atoms with Gasteiger partial charge in [0.25, 0.3) is 0 Å². The van der Waals surface area contributed by atoms with Gasteiger partial charge in [0.15, 0.2) is 0 Å². The molecule has 2 aliphatic carbocycles. The molecule has 2 aliphatic rings. The van der Waals surface area contributed by atoms with Crippen molar-refractivity contribution in [2.45, 2.75) is 94.0 Å². The van der Waals surface area contributed by atoms with Gasteiger partial charge in [-0.2, -0.15) is 0 Å². The molecule has 8 rings (SSSR count). The summed E-state index contributed by atoms with van der Waals surface area (Å²) in [5, 5.41) is 0. The zero-order chi connectivity index (χ0) is 39.7. The van der Waals surface area contributed by atoms with Crippen LogP contribution in [0.2, 0.25) is 0 Å². The molecule has 0 radical (unpaired) electrons. The van der Waals surface area contributed by atoms with Crippen LogP contribution >= 0.6 is 31.9 Å². The molecular formula is C53H54Br2O2. The van der Waals surface area contributed by atoms with Crippen molar-refractivity contribution >= 4 is 31.9 Å². The van der Waals surface area contributed by atoms with Crippen LogP contribution in [-0.4, -0.2) is 13.9 Å². The van der Waals surface area contributed by atoms with Crippen molar-refractivity contribution in [1.82, 2.24) is 0 Å². The molecule has 0 N–H and O–H groups in total. The predicted octanol–water partition coefficient (Wildman–Crippen LogP) is 15.3. The first-order chi connectivity index (χ1) is 27.5. The Labute approximate surface area is 357 Å². The molecule has 6 aromatic carbocycles. The fourth-order valence-electron chi connectivity index (χ4n) is 9.56. The van der Waals surface area contributed by atoms with Gasteiger partial charge in [0.05, 0.1) is 5.60 Å². The van der Waals surface area contributed by atoms with Crippen LogP contribution < -0.4 is 0 Å². The monoisotopic (exact) mass is 880 g/mol. The molecule has 0 bridgehead atoms. The van der Waals surface area contributed by atoms with E-state index in [0.717, 1.165) is 34.6 Å². The highest BCUT2D eigenvalue weighted by Crippen LogP contribution is 2.50. The highest BCUT2D eigenvalue weighted by atomic mass is 79.9. The number of hydrogen-bond donors (Lipinski definition) is 0. The highest BCUT2D eigenvalue weighted by molar-refractivity contribution is 9.10. The zero-order valence-electron chi connectivity index (χ0n) is 33.8. The van der Waals surface area contributed by atoms with Crippen LogP contribution in [0.3, 0.4) is 0 Å². The summed E-state index contributed by atoms with van der Waals surface area (Å²) in [6, 6.07) is 54.2. The summed E-state index contributed by atoms with van der Waals surface area (Å²) in [5.41, 5.74) is 13.2. The summed E-state index contributed by atoms with van der Waals surface area (Å²) in [6.07, 6.45) is 8.85. The Morgan fingerprint density at radius 2 is 0.614 bits per heavy atom. The molecule has 0 aliphatic heterocycles. The third-order valence-electron chi connectivity index (χ3n) is 13.9. The predicted molar refractivity (Wildman–Crippen MR) is 245 cm³/mol. The van der Waals surface area contributed by atoms with Crippen LogP contribution in [0.4, 0.5) is 0 Å². The first kappa shape index (κ1) is 40.0. The third-order valence-corrected chi connectivity index (χ3v) is 15.0. The topological polar surface area (TPSA) is 18.5 Å². The Bertz CT molecular complexity index is 2240. The van der Waals surface area contributed by atoms with Crippen LogP contribution in [0.5, 0.6) is 0 Å². The lowest BCUT2D eigenvalue weighted by molar-refractivity contribution is -0.156. The summed E-state index contributed by atoms with van der Waals surface area (Å²) in [4.78, 5) is 0. The first-order valence-electron chi connectivity index (χ1n) is 20.6. The van der Waals surface area contributed by atoms with Gasteiger partial charge in [-0.15, -0.1) is 0 Å². The van der Waals surface area contributed by atoms with Gasteiger partial charge < -0.3 is 9.47 Å². The van der Waals surface area contributed by atoms with E-state index in [2.05, 4.69) is 198 Å². The molecule has 292 valence electrons. The van der Waals surface area contributed by atoms with Gasteiger partial charge in [0, 0.05) is 16.1 Å². The maximum Gasteiger partial charge on any atom is 0.147 e. The molecule has 57 heavy (non-hydrogen) atoms. The summed E-state index contributed by atoms with van der Waals surface area (Å²) < 4.78 is 14.2. The van der Waals surface area contributed by atoms with E-state index in [9.17, 15) is 0 Å². The smallest absolute Gasteiger partial charge is 0.147 e. The fraction of sp³-hybridized carbons (Fsp3) is 0.321. The van der Waals surface area contributed by atoms with Crippen molar-refractivity contribution < 1.29 is 9.47 Å². The van der Waals surface area contributed by atoms with Crippen LogP contribution in [-0.2, 0) is 31.3 Å². The van der Waals surface area contributed by atoms with Crippen LogP contribution in [0.25, 0.3) is 33.4 Å². The number of ether oxygens (including phenoxy) is 2. The van der Waals surface area contributed by atoms with Crippen LogP contribution in [0.15, 0.2) is 155 Å². The molecule has 0 saturated heterocycles. The molecule has 2 nitrogen and oxygen atoms in total. The molecule has 0 amide bonds. The van der Waals surface area contributed by atoms with Gasteiger partial charge >= 0.3 is 0 Å². The lowest BCUT2D eigenvalue weighted by Gasteiger charge is -2.45. The number of halogens is 2. The van der Waals surface area contributed by atoms with Crippen molar-refractivity contribution in [2.24, 2.45) is 0 Å². The van der Waals surface area contributed by atoms with E-state index in [1.54, 1.807) is 7.11 Å². The number of benzene rings is 6. The van der Waals surface area contributed by atoms with Crippen LogP contribution in [0, 0.1) is 0 Å². The van der Waals surface area contributed by atoms with E-state index in [1.807, 2.05) is 0 Å². The standard InChI is InChI=1S/C53H54Br2O2/c1-50(29-31-51(2,32-30-50)45-21-25-48(54)26-22-45)44-17-13-42(14-18-44)40-9-5-38(6-10-40)39-7-11-41(12-8-39)43-15-19-47(20-16-43)53(57-37-56-4)35-33-52(3,34-36-53)46-23-27-49(55)28-24-46/h5-28H,29-37H2,1-4H3. The maximum atomic E-state index is 6.53. The second-order valence-corrected chi connectivity index (χ2v) is 19.4. The van der Waals surface area contributed by atoms with E-state index in [-0.39, 0.29) is 21.8 Å². The highest BCUT2D eigenvalue weighted by Gasteiger charge is 2.43. The first-order valence-corrected chi connectivity index (χ1v) is 22.2. The minimum Gasteiger partial charge on any atom is -0.359 e. The Morgan fingerprint density at radius 1 is 0.368 bits per heavy atom. The van der Waals surface area contributed by atoms with Gasteiger partial charge in [-0.25, -0.2) is 0 Å². The SMILES string of the molecule is COCOC1(c2ccc(-c3ccc(-c4ccc(-c5ccc(C6(C)CCC(C)(c7ccc(Br)cc7)CC6)cc5)cc4)cc3)cc2)CCC(C)(c2ccc(Br)cc2)CC1. The summed E-state index contributed by atoms with van der Waals surface area (Å²) in [5.74, 6) is 0. The molecule has 0 atom stereocenters. The molecule has 6 aromatic rings. The second kappa shape index (κ2) is 16.5. The molecule has 4 heteroatoms. The lowest BCUT2D eigenvalue weighted by atomic mass is 9.60. The lowest BCUT2D eigenvalue weighted by Crippen LogP contribution is -2.40. The number of hydrogen-bond acceptors (Lipinski definition) is 2. The normalized spacial score (nSPS) is 24.9. The van der Waals surface area contributed by atoms with Crippen molar-refractivity contribution in [2.75, 3.05) is 13.9 Å². The van der Waals surface area contributed by atoms with Crippen molar-refractivity contribution in [1.29, 1.82) is 0 Å². The molecule has 0 aromatic heterocycles.